The molecule has 0 saturated carbocycles. The molecule has 0 aliphatic rings. The molecule has 1 atom stereocenters. The van der Waals surface area contributed by atoms with Crippen LogP contribution in [0.25, 0.3) is 10.9 Å². The molecular weight excluding hydrogens is 192 g/mol. The summed E-state index contributed by atoms with van der Waals surface area (Å²) in [6.45, 7) is 1.94. The Balaban J connectivity index is 2.67. The number of H-pyrrole nitrogens is 1. The van der Waals surface area contributed by atoms with Crippen molar-refractivity contribution >= 4 is 16.9 Å². The predicted octanol–water partition coefficient (Wildman–Crippen LogP) is 1.56. The van der Waals surface area contributed by atoms with Gasteiger partial charge >= 0.3 is 5.97 Å². The van der Waals surface area contributed by atoms with E-state index in [4.69, 9.17) is 10.8 Å². The fourth-order valence-corrected chi connectivity index (χ4v) is 1.78. The van der Waals surface area contributed by atoms with E-state index in [1.165, 1.54) is 0 Å². The standard InChI is InChI=1S/C11H12N2O2/c1-6-3-2-4-8-9(6)7(5-13-8)10(12)11(14)15/h2-5,10,13H,12H2,1H3,(H,14,15). The van der Waals surface area contributed by atoms with Gasteiger partial charge in [-0.15, -0.1) is 0 Å². The third-order valence-electron chi connectivity index (χ3n) is 2.55. The van der Waals surface area contributed by atoms with Gasteiger partial charge in [0.25, 0.3) is 0 Å². The summed E-state index contributed by atoms with van der Waals surface area (Å²) in [4.78, 5) is 13.8. The lowest BCUT2D eigenvalue weighted by atomic mass is 10.0. The van der Waals surface area contributed by atoms with Crippen molar-refractivity contribution < 1.29 is 9.90 Å². The lowest BCUT2D eigenvalue weighted by molar-refractivity contribution is -0.138. The van der Waals surface area contributed by atoms with Gasteiger partial charge in [-0.25, -0.2) is 0 Å². The average molecular weight is 204 g/mol. The maximum Gasteiger partial charge on any atom is 0.325 e. The largest absolute Gasteiger partial charge is 0.480 e. The molecular formula is C11H12N2O2. The molecule has 0 radical (unpaired) electrons. The Bertz CT molecular complexity index is 516. The summed E-state index contributed by atoms with van der Waals surface area (Å²) in [5, 5.41) is 9.77. The third kappa shape index (κ3) is 1.49. The highest BCUT2D eigenvalue weighted by Gasteiger charge is 2.18. The van der Waals surface area contributed by atoms with E-state index in [9.17, 15) is 4.79 Å². The first kappa shape index (κ1) is 9.73. The van der Waals surface area contributed by atoms with Crippen LogP contribution in [0.4, 0.5) is 0 Å². The van der Waals surface area contributed by atoms with Crippen molar-refractivity contribution in [2.24, 2.45) is 5.73 Å². The van der Waals surface area contributed by atoms with Gasteiger partial charge in [-0.05, 0) is 18.6 Å². The second kappa shape index (κ2) is 3.40. The summed E-state index contributed by atoms with van der Waals surface area (Å²) in [7, 11) is 0. The van der Waals surface area contributed by atoms with Crippen molar-refractivity contribution in [2.45, 2.75) is 13.0 Å². The Morgan fingerprint density at radius 3 is 2.93 bits per heavy atom. The van der Waals surface area contributed by atoms with Crippen molar-refractivity contribution in [3.8, 4) is 0 Å². The first-order valence-electron chi connectivity index (χ1n) is 4.66. The molecule has 0 bridgehead atoms. The van der Waals surface area contributed by atoms with Crippen molar-refractivity contribution in [1.29, 1.82) is 0 Å². The quantitative estimate of drug-likeness (QED) is 0.694. The number of carbonyl (C=O) groups is 1. The number of nitrogens with one attached hydrogen (secondary N) is 1. The second-order valence-electron chi connectivity index (χ2n) is 3.56. The van der Waals surface area contributed by atoms with Gasteiger partial charge in [0.05, 0.1) is 0 Å². The molecule has 0 saturated heterocycles. The zero-order valence-corrected chi connectivity index (χ0v) is 8.32. The molecule has 4 N–H and O–H groups in total. The molecule has 0 amide bonds. The van der Waals surface area contributed by atoms with Crippen molar-refractivity contribution in [1.82, 2.24) is 4.98 Å². The zero-order chi connectivity index (χ0) is 11.0. The minimum Gasteiger partial charge on any atom is -0.480 e. The van der Waals surface area contributed by atoms with Crippen molar-refractivity contribution in [3.05, 3.63) is 35.5 Å². The van der Waals surface area contributed by atoms with E-state index >= 15 is 0 Å². The van der Waals surface area contributed by atoms with E-state index in [2.05, 4.69) is 4.98 Å². The molecule has 2 rings (SSSR count). The maximum absolute atomic E-state index is 10.8. The number of hydrogen-bond donors (Lipinski definition) is 3. The molecule has 0 fully saturated rings. The molecule has 1 aromatic carbocycles. The van der Waals surface area contributed by atoms with E-state index in [-0.39, 0.29) is 0 Å². The summed E-state index contributed by atoms with van der Waals surface area (Å²) in [5.41, 5.74) is 8.18. The van der Waals surface area contributed by atoms with Crippen LogP contribution in [0, 0.1) is 6.92 Å². The van der Waals surface area contributed by atoms with E-state index in [1.54, 1.807) is 6.20 Å². The molecule has 0 spiro atoms. The van der Waals surface area contributed by atoms with Crippen molar-refractivity contribution in [3.63, 3.8) is 0 Å². The van der Waals surface area contributed by atoms with E-state index < -0.39 is 12.0 Å². The molecule has 4 heteroatoms. The molecule has 1 unspecified atom stereocenters. The summed E-state index contributed by atoms with van der Waals surface area (Å²) >= 11 is 0. The first-order chi connectivity index (χ1) is 7.11. The SMILES string of the molecule is Cc1cccc2[nH]cc(C(N)C(=O)O)c12. The number of nitrogens with two attached hydrogens (primary N) is 1. The minimum absolute atomic E-state index is 0.635. The number of aliphatic carboxylic acids is 1. The maximum atomic E-state index is 10.8. The lowest BCUT2D eigenvalue weighted by Gasteiger charge is -2.05. The predicted molar refractivity (Wildman–Crippen MR) is 57.6 cm³/mol. The van der Waals surface area contributed by atoms with E-state index in [1.807, 2.05) is 25.1 Å². The minimum atomic E-state index is -1.01. The Labute approximate surface area is 86.7 Å². The summed E-state index contributed by atoms with van der Waals surface area (Å²) in [6.07, 6.45) is 1.66. The molecule has 0 aliphatic heterocycles. The fraction of sp³-hybridized carbons (Fsp3) is 0.182. The van der Waals surface area contributed by atoms with E-state index in [0.717, 1.165) is 16.5 Å². The number of benzene rings is 1. The number of carboxylic acids is 1. The first-order valence-corrected chi connectivity index (χ1v) is 4.66. The lowest BCUT2D eigenvalue weighted by Crippen LogP contribution is -2.20. The van der Waals surface area contributed by atoms with Crippen LogP contribution in [0.5, 0.6) is 0 Å². The van der Waals surface area contributed by atoms with Gasteiger partial charge in [0.2, 0.25) is 0 Å². The molecule has 1 aromatic heterocycles. The molecule has 78 valence electrons. The number of fused-ring (bicyclic) bond motifs is 1. The molecule has 2 aromatic rings. The number of rotatable bonds is 2. The second-order valence-corrected chi connectivity index (χ2v) is 3.56. The molecule has 15 heavy (non-hydrogen) atoms. The average Bonchev–Trinajstić information content (AvgIpc) is 2.61. The molecule has 1 heterocycles. The van der Waals surface area contributed by atoms with Crippen LogP contribution in [-0.2, 0) is 4.79 Å². The van der Waals surface area contributed by atoms with Crippen molar-refractivity contribution in [2.75, 3.05) is 0 Å². The fourth-order valence-electron chi connectivity index (χ4n) is 1.78. The van der Waals surface area contributed by atoms with Gasteiger partial charge < -0.3 is 15.8 Å². The van der Waals surface area contributed by atoms with Gasteiger partial charge in [-0.3, -0.25) is 4.79 Å². The van der Waals surface area contributed by atoms with Crippen LogP contribution >= 0.6 is 0 Å². The van der Waals surface area contributed by atoms with Crippen LogP contribution in [0.2, 0.25) is 0 Å². The number of hydrogen-bond acceptors (Lipinski definition) is 2. The third-order valence-corrected chi connectivity index (χ3v) is 2.55. The Morgan fingerprint density at radius 2 is 2.27 bits per heavy atom. The van der Waals surface area contributed by atoms with Crippen LogP contribution < -0.4 is 5.73 Å². The highest BCUT2D eigenvalue weighted by molar-refractivity contribution is 5.91. The topological polar surface area (TPSA) is 79.1 Å². The zero-order valence-electron chi connectivity index (χ0n) is 8.32. The smallest absolute Gasteiger partial charge is 0.325 e. The van der Waals surface area contributed by atoms with Crippen LogP contribution in [0.15, 0.2) is 24.4 Å². The van der Waals surface area contributed by atoms with Crippen LogP contribution in [0.3, 0.4) is 0 Å². The van der Waals surface area contributed by atoms with E-state index in [0.29, 0.717) is 5.56 Å². The summed E-state index contributed by atoms with van der Waals surface area (Å²) in [6, 6.07) is 4.79. The summed E-state index contributed by atoms with van der Waals surface area (Å²) in [5.74, 6) is -1.01. The van der Waals surface area contributed by atoms with Gasteiger partial charge in [-0.2, -0.15) is 0 Å². The number of aryl methyl sites for hydroxylation is 1. The monoisotopic (exact) mass is 204 g/mol. The Hall–Kier alpha value is -1.81. The highest BCUT2D eigenvalue weighted by atomic mass is 16.4. The number of aromatic nitrogens is 1. The Morgan fingerprint density at radius 1 is 1.53 bits per heavy atom. The molecule has 0 aliphatic carbocycles. The Kier molecular flexibility index (Phi) is 2.21. The van der Waals surface area contributed by atoms with Gasteiger partial charge in [0.1, 0.15) is 6.04 Å². The molecule has 4 nitrogen and oxygen atoms in total. The normalized spacial score (nSPS) is 12.9. The summed E-state index contributed by atoms with van der Waals surface area (Å²) < 4.78 is 0. The van der Waals surface area contributed by atoms with Crippen LogP contribution in [0.1, 0.15) is 17.2 Å². The number of aromatic amines is 1. The highest BCUT2D eigenvalue weighted by Crippen LogP contribution is 2.25. The van der Waals surface area contributed by atoms with Gasteiger partial charge in [0, 0.05) is 22.7 Å². The van der Waals surface area contributed by atoms with Gasteiger partial charge in [0.15, 0.2) is 0 Å². The number of carboxylic acid groups (broad SMARTS) is 1. The van der Waals surface area contributed by atoms with Crippen LogP contribution in [-0.4, -0.2) is 16.1 Å². The van der Waals surface area contributed by atoms with Gasteiger partial charge in [-0.1, -0.05) is 12.1 Å².